The summed E-state index contributed by atoms with van der Waals surface area (Å²) < 4.78 is 6.46. The van der Waals surface area contributed by atoms with Crippen molar-refractivity contribution in [2.75, 3.05) is 31.2 Å². The van der Waals surface area contributed by atoms with Crippen molar-refractivity contribution < 1.29 is 29.6 Å². The lowest BCUT2D eigenvalue weighted by Gasteiger charge is -2.14. The van der Waals surface area contributed by atoms with Gasteiger partial charge in [0.15, 0.2) is 0 Å². The van der Waals surface area contributed by atoms with E-state index in [4.69, 9.17) is 24.5 Å². The Hall–Kier alpha value is -1.29. The van der Waals surface area contributed by atoms with Crippen LogP contribution in [0.15, 0.2) is 28.7 Å². The van der Waals surface area contributed by atoms with Crippen LogP contribution in [0.4, 0.5) is 0 Å². The van der Waals surface area contributed by atoms with Crippen molar-refractivity contribution in [1.82, 2.24) is 5.32 Å². The standard InChI is InChI=1S/C14H22BrNO2S.C2H2O4/c1-2-19-9-5-8-16-10-12(17)11-18-14-7-4-3-6-13(14)15;3-1(4)2(5)6/h3-4,6-7,12,16-17H,2,5,8-11H2,1H3;(H,3,4)(H,5,6). The predicted molar refractivity (Wildman–Crippen MR) is 101 cm³/mol. The molecule has 1 rings (SSSR count). The number of hydrogen-bond donors (Lipinski definition) is 4. The first-order valence-electron chi connectivity index (χ1n) is 7.68. The molecular formula is C16H24BrNO6S. The number of rotatable bonds is 10. The molecule has 0 heterocycles. The number of thioether (sulfide) groups is 1. The van der Waals surface area contributed by atoms with E-state index in [1.165, 1.54) is 11.5 Å². The normalized spacial score (nSPS) is 11.2. The summed E-state index contributed by atoms with van der Waals surface area (Å²) in [5.41, 5.74) is 0. The second kappa shape index (κ2) is 15.0. The third-order valence-corrected chi connectivity index (χ3v) is 4.32. The molecule has 0 spiro atoms. The monoisotopic (exact) mass is 437 g/mol. The summed E-state index contributed by atoms with van der Waals surface area (Å²) >= 11 is 5.35. The fraction of sp³-hybridized carbons (Fsp3) is 0.500. The van der Waals surface area contributed by atoms with E-state index in [9.17, 15) is 5.11 Å². The SMILES string of the molecule is CCSCCCNCC(O)COc1ccccc1Br.O=C(O)C(=O)O. The van der Waals surface area contributed by atoms with Crippen LogP contribution < -0.4 is 10.1 Å². The number of para-hydroxylation sites is 1. The largest absolute Gasteiger partial charge is 0.490 e. The first kappa shape index (κ1) is 23.7. The van der Waals surface area contributed by atoms with E-state index in [-0.39, 0.29) is 0 Å². The summed E-state index contributed by atoms with van der Waals surface area (Å²) in [6.07, 6.45) is 0.655. The maximum atomic E-state index is 9.80. The van der Waals surface area contributed by atoms with Crippen molar-refractivity contribution in [1.29, 1.82) is 0 Å². The van der Waals surface area contributed by atoms with Gasteiger partial charge in [-0.25, -0.2) is 9.59 Å². The zero-order valence-electron chi connectivity index (χ0n) is 14.0. The average Bonchev–Trinajstić information content (AvgIpc) is 2.57. The Labute approximate surface area is 159 Å². The molecule has 1 unspecified atom stereocenters. The Kier molecular flexibility index (Phi) is 14.2. The molecule has 1 aromatic rings. The van der Waals surface area contributed by atoms with Crippen molar-refractivity contribution in [3.05, 3.63) is 28.7 Å². The fourth-order valence-corrected chi connectivity index (χ4v) is 2.56. The minimum absolute atomic E-state index is 0.305. The van der Waals surface area contributed by atoms with Crippen LogP contribution in [0.5, 0.6) is 5.75 Å². The molecule has 7 nitrogen and oxygen atoms in total. The van der Waals surface area contributed by atoms with Crippen molar-refractivity contribution in [3.8, 4) is 5.75 Å². The molecule has 0 saturated heterocycles. The Morgan fingerprint density at radius 3 is 2.48 bits per heavy atom. The van der Waals surface area contributed by atoms with Gasteiger partial charge in [0.05, 0.1) is 4.47 Å². The third-order valence-electron chi connectivity index (χ3n) is 2.68. The van der Waals surface area contributed by atoms with Crippen LogP contribution in [-0.4, -0.2) is 64.6 Å². The van der Waals surface area contributed by atoms with Crippen LogP contribution in [0.1, 0.15) is 13.3 Å². The predicted octanol–water partition coefficient (Wildman–Crippen LogP) is 2.08. The molecule has 0 radical (unpaired) electrons. The van der Waals surface area contributed by atoms with Gasteiger partial charge in [0, 0.05) is 6.54 Å². The number of benzene rings is 1. The van der Waals surface area contributed by atoms with Crippen LogP contribution in [0.2, 0.25) is 0 Å². The molecule has 0 fully saturated rings. The number of nitrogens with one attached hydrogen (secondary N) is 1. The van der Waals surface area contributed by atoms with Gasteiger partial charge in [-0.1, -0.05) is 19.1 Å². The van der Waals surface area contributed by atoms with Crippen LogP contribution in [-0.2, 0) is 9.59 Å². The minimum atomic E-state index is -1.82. The molecule has 0 amide bonds. The lowest BCUT2D eigenvalue weighted by Crippen LogP contribution is -2.32. The highest BCUT2D eigenvalue weighted by atomic mass is 79.9. The van der Waals surface area contributed by atoms with E-state index in [1.54, 1.807) is 0 Å². The van der Waals surface area contributed by atoms with E-state index >= 15 is 0 Å². The fourth-order valence-electron chi connectivity index (χ4n) is 1.52. The molecule has 1 atom stereocenters. The summed E-state index contributed by atoms with van der Waals surface area (Å²) in [6, 6.07) is 7.65. The maximum absolute atomic E-state index is 9.80. The van der Waals surface area contributed by atoms with Crippen LogP contribution in [0.3, 0.4) is 0 Å². The van der Waals surface area contributed by atoms with E-state index in [0.717, 1.165) is 23.2 Å². The highest BCUT2D eigenvalue weighted by Gasteiger charge is 2.06. The van der Waals surface area contributed by atoms with Crippen molar-refractivity contribution in [2.45, 2.75) is 19.4 Å². The lowest BCUT2D eigenvalue weighted by molar-refractivity contribution is -0.159. The zero-order chi connectivity index (χ0) is 19.1. The molecule has 9 heteroatoms. The molecule has 1 aromatic carbocycles. The molecule has 0 saturated carbocycles. The Bertz CT molecular complexity index is 505. The van der Waals surface area contributed by atoms with Crippen molar-refractivity contribution >= 4 is 39.6 Å². The van der Waals surface area contributed by atoms with Crippen LogP contribution in [0, 0.1) is 0 Å². The molecular weight excluding hydrogens is 414 g/mol. The summed E-state index contributed by atoms with van der Waals surface area (Å²) in [6.45, 7) is 3.99. The number of carboxylic acids is 2. The molecule has 0 aliphatic rings. The van der Waals surface area contributed by atoms with Gasteiger partial charge in [-0.05, 0) is 52.5 Å². The Morgan fingerprint density at radius 1 is 1.28 bits per heavy atom. The van der Waals surface area contributed by atoms with Gasteiger partial charge in [0.1, 0.15) is 18.5 Å². The van der Waals surface area contributed by atoms with Gasteiger partial charge in [0.25, 0.3) is 0 Å². The molecule has 0 bridgehead atoms. The third kappa shape index (κ3) is 13.7. The lowest BCUT2D eigenvalue weighted by atomic mass is 10.3. The first-order valence-corrected chi connectivity index (χ1v) is 9.63. The summed E-state index contributed by atoms with van der Waals surface area (Å²) in [5, 5.41) is 27.8. The van der Waals surface area contributed by atoms with E-state index < -0.39 is 18.0 Å². The molecule has 0 aliphatic heterocycles. The van der Waals surface area contributed by atoms with E-state index in [2.05, 4.69) is 28.2 Å². The second-order valence-corrected chi connectivity index (χ2v) is 7.01. The highest BCUT2D eigenvalue weighted by Crippen LogP contribution is 2.23. The number of halogens is 1. The first-order chi connectivity index (χ1) is 11.9. The molecule has 4 N–H and O–H groups in total. The number of hydrogen-bond acceptors (Lipinski definition) is 6. The van der Waals surface area contributed by atoms with E-state index in [0.29, 0.717) is 13.2 Å². The summed E-state index contributed by atoms with van der Waals surface area (Å²) in [5.74, 6) is -0.541. The summed E-state index contributed by atoms with van der Waals surface area (Å²) in [4.78, 5) is 18.2. The summed E-state index contributed by atoms with van der Waals surface area (Å²) in [7, 11) is 0. The second-order valence-electron chi connectivity index (χ2n) is 4.76. The van der Waals surface area contributed by atoms with Crippen LogP contribution in [0.25, 0.3) is 0 Å². The number of aliphatic carboxylic acids is 2. The van der Waals surface area contributed by atoms with Crippen LogP contribution >= 0.6 is 27.7 Å². The topological polar surface area (TPSA) is 116 Å². The smallest absolute Gasteiger partial charge is 0.414 e. The number of ether oxygens (including phenoxy) is 1. The Balaban J connectivity index is 0.000000823. The molecule has 0 aromatic heterocycles. The molecule has 142 valence electrons. The van der Waals surface area contributed by atoms with Gasteiger partial charge < -0.3 is 25.4 Å². The van der Waals surface area contributed by atoms with Crippen molar-refractivity contribution in [2.24, 2.45) is 0 Å². The number of carboxylic acid groups (broad SMARTS) is 2. The van der Waals surface area contributed by atoms with Gasteiger partial charge >= 0.3 is 11.9 Å². The van der Waals surface area contributed by atoms with E-state index in [1.807, 2.05) is 36.0 Å². The quantitative estimate of drug-likeness (QED) is 0.324. The number of carbonyl (C=O) groups is 2. The number of aliphatic hydroxyl groups excluding tert-OH is 1. The maximum Gasteiger partial charge on any atom is 0.414 e. The zero-order valence-corrected chi connectivity index (χ0v) is 16.4. The van der Waals surface area contributed by atoms with Gasteiger partial charge in [-0.2, -0.15) is 11.8 Å². The number of aliphatic hydroxyl groups is 1. The van der Waals surface area contributed by atoms with Gasteiger partial charge in [0.2, 0.25) is 0 Å². The van der Waals surface area contributed by atoms with Gasteiger partial charge in [-0.15, -0.1) is 0 Å². The molecule has 25 heavy (non-hydrogen) atoms. The minimum Gasteiger partial charge on any atom is -0.490 e. The average molecular weight is 438 g/mol. The molecule has 0 aliphatic carbocycles. The Morgan fingerprint density at radius 2 is 1.92 bits per heavy atom. The van der Waals surface area contributed by atoms with Crippen molar-refractivity contribution in [3.63, 3.8) is 0 Å². The highest BCUT2D eigenvalue weighted by molar-refractivity contribution is 9.10. The van der Waals surface area contributed by atoms with Gasteiger partial charge in [-0.3, -0.25) is 0 Å².